The maximum Gasteiger partial charge on any atom is 0.326 e. The molecular weight excluding hydrogens is 196 g/mol. The standard InChI is InChI=1S/C10H18N2O3/c1-2-3-8(10(14)15)12-6-7(5-11)4-9(12)13/h7-8H,2-6,11H2,1H3,(H,14,15). The van der Waals surface area contributed by atoms with Crippen LogP contribution in [0.1, 0.15) is 26.2 Å². The Labute approximate surface area is 89.2 Å². The third kappa shape index (κ3) is 2.68. The second-order valence-electron chi connectivity index (χ2n) is 3.99. The number of hydrogen-bond donors (Lipinski definition) is 2. The Morgan fingerprint density at radius 2 is 2.40 bits per heavy atom. The number of rotatable bonds is 5. The van der Waals surface area contributed by atoms with Gasteiger partial charge in [0.25, 0.3) is 0 Å². The molecular formula is C10H18N2O3. The van der Waals surface area contributed by atoms with Crippen LogP contribution in [0.4, 0.5) is 0 Å². The summed E-state index contributed by atoms with van der Waals surface area (Å²) in [6, 6.07) is -0.668. The monoisotopic (exact) mass is 214 g/mol. The predicted molar refractivity (Wildman–Crippen MR) is 55.2 cm³/mol. The van der Waals surface area contributed by atoms with Crippen LogP contribution in [0.2, 0.25) is 0 Å². The molecule has 5 heteroatoms. The molecule has 2 unspecified atom stereocenters. The van der Waals surface area contributed by atoms with Crippen LogP contribution in [0, 0.1) is 5.92 Å². The summed E-state index contributed by atoms with van der Waals surface area (Å²) in [4.78, 5) is 24.0. The molecule has 1 rings (SSSR count). The summed E-state index contributed by atoms with van der Waals surface area (Å²) in [6.45, 7) is 2.85. The van der Waals surface area contributed by atoms with Crippen LogP contribution in [0.5, 0.6) is 0 Å². The maximum atomic E-state index is 11.6. The zero-order valence-electron chi connectivity index (χ0n) is 8.98. The number of carbonyl (C=O) groups is 2. The fourth-order valence-electron chi connectivity index (χ4n) is 1.95. The second-order valence-corrected chi connectivity index (χ2v) is 3.99. The van der Waals surface area contributed by atoms with Crippen LogP contribution in [-0.2, 0) is 9.59 Å². The summed E-state index contributed by atoms with van der Waals surface area (Å²) in [5, 5.41) is 9.02. The molecule has 3 N–H and O–H groups in total. The maximum absolute atomic E-state index is 11.6. The Bertz CT molecular complexity index is 255. The fourth-order valence-corrected chi connectivity index (χ4v) is 1.95. The van der Waals surface area contributed by atoms with Crippen molar-refractivity contribution in [3.8, 4) is 0 Å². The average Bonchev–Trinajstić information content (AvgIpc) is 2.55. The van der Waals surface area contributed by atoms with Crippen LogP contribution >= 0.6 is 0 Å². The molecule has 0 saturated carbocycles. The van der Waals surface area contributed by atoms with Gasteiger partial charge in [-0.15, -0.1) is 0 Å². The molecule has 1 heterocycles. The van der Waals surface area contributed by atoms with Crippen LogP contribution in [0.3, 0.4) is 0 Å². The molecule has 0 aromatic rings. The third-order valence-corrected chi connectivity index (χ3v) is 2.80. The van der Waals surface area contributed by atoms with E-state index in [0.29, 0.717) is 25.9 Å². The first-order valence-electron chi connectivity index (χ1n) is 5.32. The number of carboxylic acids is 1. The Morgan fingerprint density at radius 3 is 2.80 bits per heavy atom. The van der Waals surface area contributed by atoms with Crippen molar-refractivity contribution in [3.63, 3.8) is 0 Å². The van der Waals surface area contributed by atoms with Gasteiger partial charge >= 0.3 is 5.97 Å². The minimum absolute atomic E-state index is 0.0775. The number of carboxylic acid groups (broad SMARTS) is 1. The van der Waals surface area contributed by atoms with Gasteiger partial charge < -0.3 is 15.7 Å². The van der Waals surface area contributed by atoms with Gasteiger partial charge in [-0.1, -0.05) is 13.3 Å². The van der Waals surface area contributed by atoms with E-state index >= 15 is 0 Å². The highest BCUT2D eigenvalue weighted by molar-refractivity contribution is 5.85. The molecule has 1 amide bonds. The number of amides is 1. The van der Waals surface area contributed by atoms with E-state index in [1.54, 1.807) is 0 Å². The van der Waals surface area contributed by atoms with Crippen LogP contribution in [0.25, 0.3) is 0 Å². The second kappa shape index (κ2) is 5.11. The zero-order chi connectivity index (χ0) is 11.4. The quantitative estimate of drug-likeness (QED) is 0.677. The molecule has 0 radical (unpaired) electrons. The summed E-state index contributed by atoms with van der Waals surface area (Å²) in [7, 11) is 0. The summed E-state index contributed by atoms with van der Waals surface area (Å²) in [6.07, 6.45) is 1.66. The molecule has 2 atom stereocenters. The smallest absolute Gasteiger partial charge is 0.326 e. The van der Waals surface area contributed by atoms with E-state index in [0.717, 1.165) is 6.42 Å². The van der Waals surface area contributed by atoms with Gasteiger partial charge in [-0.05, 0) is 18.9 Å². The molecule has 15 heavy (non-hydrogen) atoms. The minimum atomic E-state index is -0.914. The Kier molecular flexibility index (Phi) is 4.08. The fraction of sp³-hybridized carbons (Fsp3) is 0.800. The van der Waals surface area contributed by atoms with E-state index < -0.39 is 12.0 Å². The SMILES string of the molecule is CCCC(C(=O)O)N1CC(CN)CC1=O. The average molecular weight is 214 g/mol. The van der Waals surface area contributed by atoms with Gasteiger partial charge in [0.15, 0.2) is 0 Å². The molecule has 0 bridgehead atoms. The van der Waals surface area contributed by atoms with Gasteiger partial charge in [0.05, 0.1) is 0 Å². The Balaban J connectivity index is 2.68. The topological polar surface area (TPSA) is 83.6 Å². The van der Waals surface area contributed by atoms with Gasteiger partial charge in [0.1, 0.15) is 6.04 Å². The highest BCUT2D eigenvalue weighted by Crippen LogP contribution is 2.21. The third-order valence-electron chi connectivity index (χ3n) is 2.80. The molecule has 0 aliphatic carbocycles. The lowest BCUT2D eigenvalue weighted by Crippen LogP contribution is -2.42. The molecule has 5 nitrogen and oxygen atoms in total. The van der Waals surface area contributed by atoms with Gasteiger partial charge in [-0.25, -0.2) is 4.79 Å². The molecule has 86 valence electrons. The van der Waals surface area contributed by atoms with Gasteiger partial charge in [0.2, 0.25) is 5.91 Å². The van der Waals surface area contributed by atoms with Crippen LogP contribution < -0.4 is 5.73 Å². The van der Waals surface area contributed by atoms with E-state index in [9.17, 15) is 9.59 Å². The minimum Gasteiger partial charge on any atom is -0.480 e. The van der Waals surface area contributed by atoms with Crippen molar-refractivity contribution in [2.24, 2.45) is 11.7 Å². The van der Waals surface area contributed by atoms with Crippen LogP contribution in [0.15, 0.2) is 0 Å². The first-order valence-corrected chi connectivity index (χ1v) is 5.32. The van der Waals surface area contributed by atoms with Crippen molar-refractivity contribution in [2.45, 2.75) is 32.2 Å². The van der Waals surface area contributed by atoms with Crippen molar-refractivity contribution >= 4 is 11.9 Å². The van der Waals surface area contributed by atoms with Crippen LogP contribution in [-0.4, -0.2) is 41.0 Å². The first kappa shape index (κ1) is 12.0. The normalized spacial score (nSPS) is 23.2. The molecule has 1 saturated heterocycles. The zero-order valence-corrected chi connectivity index (χ0v) is 8.98. The molecule has 0 aromatic heterocycles. The molecule has 1 aliphatic rings. The number of hydrogen-bond acceptors (Lipinski definition) is 3. The lowest BCUT2D eigenvalue weighted by molar-refractivity contribution is -0.148. The Morgan fingerprint density at radius 1 is 1.73 bits per heavy atom. The molecule has 1 fully saturated rings. The molecule has 0 aromatic carbocycles. The predicted octanol–water partition coefficient (Wildman–Crippen LogP) is 0.0469. The van der Waals surface area contributed by atoms with Crippen molar-refractivity contribution in [1.82, 2.24) is 4.90 Å². The van der Waals surface area contributed by atoms with E-state index in [-0.39, 0.29) is 11.8 Å². The highest BCUT2D eigenvalue weighted by Gasteiger charge is 2.36. The summed E-state index contributed by atoms with van der Waals surface area (Å²) < 4.78 is 0. The van der Waals surface area contributed by atoms with E-state index in [1.807, 2.05) is 6.92 Å². The lowest BCUT2D eigenvalue weighted by Gasteiger charge is -2.24. The highest BCUT2D eigenvalue weighted by atomic mass is 16.4. The number of nitrogens with zero attached hydrogens (tertiary/aromatic N) is 1. The van der Waals surface area contributed by atoms with Gasteiger partial charge in [-0.3, -0.25) is 4.79 Å². The number of carbonyl (C=O) groups excluding carboxylic acids is 1. The van der Waals surface area contributed by atoms with Crippen molar-refractivity contribution in [1.29, 1.82) is 0 Å². The van der Waals surface area contributed by atoms with E-state index in [1.165, 1.54) is 4.90 Å². The summed E-state index contributed by atoms with van der Waals surface area (Å²) in [5.41, 5.74) is 5.48. The van der Waals surface area contributed by atoms with E-state index in [2.05, 4.69) is 0 Å². The summed E-state index contributed by atoms with van der Waals surface area (Å²) >= 11 is 0. The van der Waals surface area contributed by atoms with E-state index in [4.69, 9.17) is 10.8 Å². The van der Waals surface area contributed by atoms with Crippen molar-refractivity contribution < 1.29 is 14.7 Å². The number of aliphatic carboxylic acids is 1. The molecule has 1 aliphatic heterocycles. The van der Waals surface area contributed by atoms with Gasteiger partial charge in [-0.2, -0.15) is 0 Å². The van der Waals surface area contributed by atoms with Crippen molar-refractivity contribution in [2.75, 3.05) is 13.1 Å². The largest absolute Gasteiger partial charge is 0.480 e. The number of likely N-dealkylation sites (tertiary alicyclic amines) is 1. The summed E-state index contributed by atoms with van der Waals surface area (Å²) in [5.74, 6) is -0.870. The number of nitrogens with two attached hydrogens (primary N) is 1. The van der Waals surface area contributed by atoms with Crippen molar-refractivity contribution in [3.05, 3.63) is 0 Å². The molecule has 0 spiro atoms. The first-order chi connectivity index (χ1) is 7.10. The van der Waals surface area contributed by atoms with Gasteiger partial charge in [0, 0.05) is 13.0 Å². The Hall–Kier alpha value is -1.10. The lowest BCUT2D eigenvalue weighted by atomic mass is 10.1.